The van der Waals surface area contributed by atoms with Crippen LogP contribution in [-0.4, -0.2) is 31.6 Å². The third-order valence-electron chi connectivity index (χ3n) is 4.22. The Kier molecular flexibility index (Phi) is 7.56. The van der Waals surface area contributed by atoms with Crippen molar-refractivity contribution in [3.63, 3.8) is 0 Å². The first-order valence-electron chi connectivity index (χ1n) is 9.31. The maximum atomic E-state index is 13.1. The van der Waals surface area contributed by atoms with Gasteiger partial charge in [0, 0.05) is 18.3 Å². The molecule has 0 radical (unpaired) electrons. The van der Waals surface area contributed by atoms with E-state index in [4.69, 9.17) is 4.18 Å². The molecule has 2 aromatic carbocycles. The van der Waals surface area contributed by atoms with E-state index in [2.05, 4.69) is 5.32 Å². The molecule has 0 spiro atoms. The zero-order chi connectivity index (χ0) is 25.2. The van der Waals surface area contributed by atoms with E-state index < -0.39 is 51.4 Å². The normalized spacial score (nSPS) is 12.5. The standard InChI is InChI=1S/C20H20F6N2O4S/c1-12(2)28(11-13-5-4-6-17(7-13)32-33(3,30)31)18(29)27-16-9-14(19(21,22)23)8-15(10-16)20(24,25)26/h4-10,12H,11H2,1-3H3,(H,27,29). The average Bonchev–Trinajstić information content (AvgIpc) is 2.63. The Balaban J connectivity index is 2.32. The summed E-state index contributed by atoms with van der Waals surface area (Å²) in [5, 5.41) is 2.08. The van der Waals surface area contributed by atoms with E-state index in [9.17, 15) is 39.6 Å². The van der Waals surface area contributed by atoms with Gasteiger partial charge in [-0.2, -0.15) is 34.8 Å². The maximum absolute atomic E-state index is 13.1. The highest BCUT2D eigenvalue weighted by molar-refractivity contribution is 7.86. The molecule has 0 aromatic heterocycles. The smallest absolute Gasteiger partial charge is 0.383 e. The van der Waals surface area contributed by atoms with Crippen molar-refractivity contribution in [1.29, 1.82) is 0 Å². The Morgan fingerprint density at radius 2 is 1.55 bits per heavy atom. The Morgan fingerprint density at radius 3 is 2.00 bits per heavy atom. The maximum Gasteiger partial charge on any atom is 0.416 e. The number of carbonyl (C=O) groups is 1. The number of nitrogens with one attached hydrogen (secondary N) is 1. The van der Waals surface area contributed by atoms with Crippen LogP contribution < -0.4 is 9.50 Å². The van der Waals surface area contributed by atoms with Gasteiger partial charge in [-0.3, -0.25) is 0 Å². The van der Waals surface area contributed by atoms with Crippen LogP contribution in [0.2, 0.25) is 0 Å². The second-order valence-electron chi connectivity index (χ2n) is 7.38. The van der Waals surface area contributed by atoms with Gasteiger partial charge in [-0.1, -0.05) is 12.1 Å². The number of hydrogen-bond acceptors (Lipinski definition) is 4. The summed E-state index contributed by atoms with van der Waals surface area (Å²) in [4.78, 5) is 13.9. The van der Waals surface area contributed by atoms with Gasteiger partial charge in [0.15, 0.2) is 0 Å². The molecule has 2 aromatic rings. The molecule has 2 amide bonds. The molecule has 0 unspecified atom stereocenters. The molecule has 0 atom stereocenters. The number of benzene rings is 2. The number of halogens is 6. The summed E-state index contributed by atoms with van der Waals surface area (Å²) in [6.07, 6.45) is -9.27. The van der Waals surface area contributed by atoms with Crippen molar-refractivity contribution in [2.24, 2.45) is 0 Å². The second kappa shape index (κ2) is 9.49. The van der Waals surface area contributed by atoms with Gasteiger partial charge in [-0.25, -0.2) is 4.79 Å². The quantitative estimate of drug-likeness (QED) is 0.421. The summed E-state index contributed by atoms with van der Waals surface area (Å²) in [6.45, 7) is 3.04. The number of nitrogens with zero attached hydrogens (tertiary/aromatic N) is 1. The molecule has 13 heteroatoms. The predicted octanol–water partition coefficient (Wildman–Crippen LogP) is 5.51. The lowest BCUT2D eigenvalue weighted by molar-refractivity contribution is -0.143. The summed E-state index contributed by atoms with van der Waals surface area (Å²) in [7, 11) is -3.80. The van der Waals surface area contributed by atoms with E-state index in [1.807, 2.05) is 0 Å². The molecule has 0 aliphatic carbocycles. The van der Waals surface area contributed by atoms with Crippen LogP contribution in [0.4, 0.5) is 36.8 Å². The summed E-state index contributed by atoms with van der Waals surface area (Å²) >= 11 is 0. The summed E-state index contributed by atoms with van der Waals surface area (Å²) in [5.74, 6) is -0.0215. The summed E-state index contributed by atoms with van der Waals surface area (Å²) in [5.41, 5.74) is -3.38. The highest BCUT2D eigenvalue weighted by atomic mass is 32.2. The van der Waals surface area contributed by atoms with Crippen molar-refractivity contribution in [2.45, 2.75) is 38.8 Å². The number of alkyl halides is 6. The Labute approximate surface area is 186 Å². The van der Waals surface area contributed by atoms with Gasteiger partial charge in [0.25, 0.3) is 0 Å². The number of carbonyl (C=O) groups excluding carboxylic acids is 1. The van der Waals surface area contributed by atoms with E-state index in [1.54, 1.807) is 19.9 Å². The number of urea groups is 1. The van der Waals surface area contributed by atoms with E-state index in [-0.39, 0.29) is 18.4 Å². The van der Waals surface area contributed by atoms with Crippen LogP contribution in [0, 0.1) is 0 Å². The molecule has 1 N–H and O–H groups in total. The van der Waals surface area contributed by atoms with Crippen LogP contribution in [0.3, 0.4) is 0 Å². The lowest BCUT2D eigenvalue weighted by Gasteiger charge is -2.27. The molecule has 0 heterocycles. The zero-order valence-corrected chi connectivity index (χ0v) is 18.4. The first kappa shape index (κ1) is 26.3. The molecular weight excluding hydrogens is 478 g/mol. The molecule has 0 aliphatic rings. The molecular formula is C20H20F6N2O4S. The number of hydrogen-bond donors (Lipinski definition) is 1. The topological polar surface area (TPSA) is 75.7 Å². The molecule has 0 saturated heterocycles. The Hall–Kier alpha value is -2.96. The van der Waals surface area contributed by atoms with Gasteiger partial charge in [0.05, 0.1) is 17.4 Å². The molecule has 2 rings (SSSR count). The van der Waals surface area contributed by atoms with Crippen LogP contribution in [0.25, 0.3) is 0 Å². The molecule has 0 saturated carbocycles. The summed E-state index contributed by atoms with van der Waals surface area (Å²) < 4.78 is 106. The fourth-order valence-electron chi connectivity index (χ4n) is 2.78. The minimum Gasteiger partial charge on any atom is -0.383 e. The predicted molar refractivity (Wildman–Crippen MR) is 108 cm³/mol. The minimum absolute atomic E-state index is 0.0215. The van der Waals surface area contributed by atoms with Gasteiger partial charge < -0.3 is 14.4 Å². The molecule has 0 bridgehead atoms. The highest BCUT2D eigenvalue weighted by Crippen LogP contribution is 2.37. The Morgan fingerprint density at radius 1 is 1.00 bits per heavy atom. The van der Waals surface area contributed by atoms with Gasteiger partial charge in [0.2, 0.25) is 0 Å². The molecule has 0 aliphatic heterocycles. The zero-order valence-electron chi connectivity index (χ0n) is 17.6. The number of rotatable bonds is 6. The van der Waals surface area contributed by atoms with Crippen molar-refractivity contribution in [2.75, 3.05) is 11.6 Å². The lowest BCUT2D eigenvalue weighted by atomic mass is 10.1. The first-order valence-corrected chi connectivity index (χ1v) is 11.1. The van der Waals surface area contributed by atoms with Crippen LogP contribution in [-0.2, 0) is 29.0 Å². The van der Waals surface area contributed by atoms with Gasteiger partial charge >= 0.3 is 28.5 Å². The van der Waals surface area contributed by atoms with E-state index in [0.717, 1.165) is 11.2 Å². The largest absolute Gasteiger partial charge is 0.416 e. The van der Waals surface area contributed by atoms with Crippen LogP contribution in [0.5, 0.6) is 5.75 Å². The third-order valence-corrected chi connectivity index (χ3v) is 4.72. The van der Waals surface area contributed by atoms with E-state index in [0.29, 0.717) is 17.7 Å². The summed E-state index contributed by atoms with van der Waals surface area (Å²) in [6, 6.07) is 5.03. The minimum atomic E-state index is -5.06. The van der Waals surface area contributed by atoms with Crippen molar-refractivity contribution in [3.05, 3.63) is 59.2 Å². The second-order valence-corrected chi connectivity index (χ2v) is 8.96. The highest BCUT2D eigenvalue weighted by Gasteiger charge is 2.37. The molecule has 6 nitrogen and oxygen atoms in total. The van der Waals surface area contributed by atoms with Crippen molar-refractivity contribution >= 4 is 21.8 Å². The van der Waals surface area contributed by atoms with Crippen molar-refractivity contribution < 1.29 is 43.7 Å². The first-order chi connectivity index (χ1) is 15.0. The van der Waals surface area contributed by atoms with Gasteiger partial charge in [-0.15, -0.1) is 0 Å². The molecule has 182 valence electrons. The van der Waals surface area contributed by atoms with Gasteiger partial charge in [0.1, 0.15) is 5.75 Å². The van der Waals surface area contributed by atoms with Gasteiger partial charge in [-0.05, 0) is 49.7 Å². The number of anilines is 1. The monoisotopic (exact) mass is 498 g/mol. The third kappa shape index (κ3) is 7.84. The fraction of sp³-hybridized carbons (Fsp3) is 0.350. The SMILES string of the molecule is CC(C)N(Cc1cccc(OS(C)(=O)=O)c1)C(=O)Nc1cc(C(F)(F)F)cc(C(F)(F)F)c1. The molecule has 33 heavy (non-hydrogen) atoms. The Bertz CT molecular complexity index is 1080. The van der Waals surface area contributed by atoms with Crippen LogP contribution in [0.1, 0.15) is 30.5 Å². The van der Waals surface area contributed by atoms with E-state index in [1.165, 1.54) is 18.2 Å². The number of amides is 2. The fourth-order valence-corrected chi connectivity index (χ4v) is 3.23. The van der Waals surface area contributed by atoms with Crippen molar-refractivity contribution in [1.82, 2.24) is 4.90 Å². The van der Waals surface area contributed by atoms with Crippen LogP contribution >= 0.6 is 0 Å². The average molecular weight is 498 g/mol. The van der Waals surface area contributed by atoms with Crippen LogP contribution in [0.15, 0.2) is 42.5 Å². The van der Waals surface area contributed by atoms with E-state index >= 15 is 0 Å². The molecule has 0 fully saturated rings. The lowest BCUT2D eigenvalue weighted by Crippen LogP contribution is -2.39. The van der Waals surface area contributed by atoms with Crippen molar-refractivity contribution in [3.8, 4) is 5.75 Å².